The molecular weight excluding hydrogens is 330 g/mol. The van der Waals surface area contributed by atoms with Crippen molar-refractivity contribution in [3.63, 3.8) is 0 Å². The zero-order chi connectivity index (χ0) is 18.5. The number of methoxy groups -OCH3 is 2. The van der Waals surface area contributed by atoms with Crippen LogP contribution in [0.2, 0.25) is 0 Å². The maximum Gasteiger partial charge on any atom is 0.252 e. The number of aromatic nitrogens is 2. The number of benzene rings is 2. The van der Waals surface area contributed by atoms with Gasteiger partial charge in [-0.1, -0.05) is 18.2 Å². The molecular formula is C20H21N3O3. The number of rotatable bonds is 6. The van der Waals surface area contributed by atoms with E-state index < -0.39 is 6.04 Å². The van der Waals surface area contributed by atoms with Crippen molar-refractivity contribution in [2.24, 2.45) is 7.05 Å². The predicted molar refractivity (Wildman–Crippen MR) is 98.5 cm³/mol. The van der Waals surface area contributed by atoms with Crippen LogP contribution in [-0.2, 0) is 7.05 Å². The normalized spacial score (nSPS) is 11.7. The lowest BCUT2D eigenvalue weighted by Gasteiger charge is -2.20. The van der Waals surface area contributed by atoms with Gasteiger partial charge in [0.1, 0.15) is 23.4 Å². The molecule has 6 nitrogen and oxygen atoms in total. The number of nitrogens with zero attached hydrogens (tertiary/aromatic N) is 2. The summed E-state index contributed by atoms with van der Waals surface area (Å²) in [5, 5.41) is 3.06. The Labute approximate surface area is 152 Å². The van der Waals surface area contributed by atoms with Crippen molar-refractivity contribution in [2.75, 3.05) is 14.2 Å². The van der Waals surface area contributed by atoms with Gasteiger partial charge in [0.05, 0.1) is 14.2 Å². The summed E-state index contributed by atoms with van der Waals surface area (Å²) in [6.07, 6.45) is 3.54. The number of hydrogen-bond acceptors (Lipinski definition) is 4. The van der Waals surface area contributed by atoms with Crippen molar-refractivity contribution in [1.82, 2.24) is 14.9 Å². The fraction of sp³-hybridized carbons (Fsp3) is 0.200. The van der Waals surface area contributed by atoms with E-state index in [0.717, 1.165) is 5.56 Å². The van der Waals surface area contributed by atoms with E-state index in [9.17, 15) is 4.79 Å². The molecule has 2 aromatic carbocycles. The van der Waals surface area contributed by atoms with Crippen LogP contribution in [0.3, 0.4) is 0 Å². The Morgan fingerprint density at radius 2 is 1.73 bits per heavy atom. The minimum absolute atomic E-state index is 0.180. The van der Waals surface area contributed by atoms with Crippen molar-refractivity contribution < 1.29 is 14.3 Å². The lowest BCUT2D eigenvalue weighted by molar-refractivity contribution is 0.0941. The van der Waals surface area contributed by atoms with E-state index in [1.807, 2.05) is 48.1 Å². The van der Waals surface area contributed by atoms with Crippen LogP contribution in [0.4, 0.5) is 0 Å². The smallest absolute Gasteiger partial charge is 0.252 e. The lowest BCUT2D eigenvalue weighted by Crippen LogP contribution is -2.31. The molecule has 0 saturated heterocycles. The minimum Gasteiger partial charge on any atom is -0.497 e. The largest absolute Gasteiger partial charge is 0.497 e. The van der Waals surface area contributed by atoms with E-state index in [2.05, 4.69) is 10.3 Å². The van der Waals surface area contributed by atoms with Crippen molar-refractivity contribution in [3.8, 4) is 11.5 Å². The van der Waals surface area contributed by atoms with E-state index in [0.29, 0.717) is 22.9 Å². The van der Waals surface area contributed by atoms with Crippen LogP contribution in [-0.4, -0.2) is 29.7 Å². The SMILES string of the molecule is COc1cc(OC)cc(C(NC(=O)c2ccccc2)c2nccn2C)c1. The van der Waals surface area contributed by atoms with Crippen molar-refractivity contribution in [3.05, 3.63) is 77.9 Å². The molecule has 0 aliphatic heterocycles. The van der Waals surface area contributed by atoms with Gasteiger partial charge in [-0.05, 0) is 29.8 Å². The number of nitrogens with one attached hydrogen (secondary N) is 1. The highest BCUT2D eigenvalue weighted by Gasteiger charge is 2.23. The average Bonchev–Trinajstić information content (AvgIpc) is 3.11. The zero-order valence-electron chi connectivity index (χ0n) is 15.0. The third-order valence-corrected chi connectivity index (χ3v) is 4.14. The molecule has 1 aromatic heterocycles. The molecule has 26 heavy (non-hydrogen) atoms. The summed E-state index contributed by atoms with van der Waals surface area (Å²) in [6, 6.07) is 14.2. The Balaban J connectivity index is 2.02. The Morgan fingerprint density at radius 3 is 2.27 bits per heavy atom. The second kappa shape index (κ2) is 7.74. The quantitative estimate of drug-likeness (QED) is 0.741. The first-order chi connectivity index (χ1) is 12.6. The van der Waals surface area contributed by atoms with Crippen molar-refractivity contribution in [2.45, 2.75) is 6.04 Å². The molecule has 0 spiro atoms. The van der Waals surface area contributed by atoms with E-state index in [4.69, 9.17) is 9.47 Å². The highest BCUT2D eigenvalue weighted by atomic mass is 16.5. The first kappa shape index (κ1) is 17.5. The molecule has 1 atom stereocenters. The molecule has 0 radical (unpaired) electrons. The monoisotopic (exact) mass is 351 g/mol. The Hall–Kier alpha value is -3.28. The molecule has 134 valence electrons. The van der Waals surface area contributed by atoms with Crippen molar-refractivity contribution in [1.29, 1.82) is 0 Å². The van der Waals surface area contributed by atoms with Gasteiger partial charge in [-0.25, -0.2) is 4.98 Å². The number of carbonyl (C=O) groups excluding carboxylic acids is 1. The minimum atomic E-state index is -0.452. The molecule has 3 rings (SSSR count). The highest BCUT2D eigenvalue weighted by molar-refractivity contribution is 5.94. The summed E-state index contributed by atoms with van der Waals surface area (Å²) in [5.74, 6) is 1.82. The van der Waals surface area contributed by atoms with Gasteiger partial charge < -0.3 is 19.4 Å². The summed E-state index contributed by atoms with van der Waals surface area (Å²) in [4.78, 5) is 17.2. The summed E-state index contributed by atoms with van der Waals surface area (Å²) < 4.78 is 12.6. The third-order valence-electron chi connectivity index (χ3n) is 4.14. The van der Waals surface area contributed by atoms with Crippen LogP contribution in [0.5, 0.6) is 11.5 Å². The molecule has 3 aromatic rings. The van der Waals surface area contributed by atoms with Crippen LogP contribution in [0.15, 0.2) is 60.9 Å². The van der Waals surface area contributed by atoms with Crippen LogP contribution in [0.25, 0.3) is 0 Å². The molecule has 1 amide bonds. The Kier molecular flexibility index (Phi) is 5.22. The predicted octanol–water partition coefficient (Wildman–Crippen LogP) is 2.96. The van der Waals surface area contributed by atoms with Gasteiger partial charge in [0.25, 0.3) is 5.91 Å². The molecule has 6 heteroatoms. The molecule has 0 saturated carbocycles. The fourth-order valence-corrected chi connectivity index (χ4v) is 2.75. The Morgan fingerprint density at radius 1 is 1.08 bits per heavy atom. The van der Waals surface area contributed by atoms with Crippen LogP contribution < -0.4 is 14.8 Å². The van der Waals surface area contributed by atoms with E-state index in [-0.39, 0.29) is 5.91 Å². The van der Waals surface area contributed by atoms with Crippen LogP contribution in [0.1, 0.15) is 27.8 Å². The first-order valence-electron chi connectivity index (χ1n) is 8.18. The summed E-state index contributed by atoms with van der Waals surface area (Å²) in [6.45, 7) is 0. The molecule has 1 N–H and O–H groups in total. The van der Waals surface area contributed by atoms with Gasteiger partial charge in [0.15, 0.2) is 0 Å². The molecule has 0 aliphatic carbocycles. The number of carbonyl (C=O) groups is 1. The van der Waals surface area contributed by atoms with Gasteiger partial charge in [-0.15, -0.1) is 0 Å². The first-order valence-corrected chi connectivity index (χ1v) is 8.18. The zero-order valence-corrected chi connectivity index (χ0v) is 15.0. The van der Waals surface area contributed by atoms with Crippen LogP contribution >= 0.6 is 0 Å². The number of aryl methyl sites for hydroxylation is 1. The molecule has 0 aliphatic rings. The second-order valence-corrected chi connectivity index (χ2v) is 5.81. The molecule has 1 heterocycles. The summed E-state index contributed by atoms with van der Waals surface area (Å²) in [7, 11) is 5.08. The number of imidazole rings is 1. The number of hydrogen-bond donors (Lipinski definition) is 1. The van der Waals surface area contributed by atoms with Crippen molar-refractivity contribution >= 4 is 5.91 Å². The topological polar surface area (TPSA) is 65.4 Å². The third kappa shape index (κ3) is 3.69. The second-order valence-electron chi connectivity index (χ2n) is 5.81. The van der Waals surface area contributed by atoms with E-state index in [1.165, 1.54) is 0 Å². The number of amides is 1. The Bertz CT molecular complexity index is 868. The highest BCUT2D eigenvalue weighted by Crippen LogP contribution is 2.29. The van der Waals surface area contributed by atoms with Gasteiger partial charge in [0.2, 0.25) is 0 Å². The average molecular weight is 351 g/mol. The fourth-order valence-electron chi connectivity index (χ4n) is 2.75. The summed E-state index contributed by atoms with van der Waals surface area (Å²) >= 11 is 0. The van der Waals surface area contributed by atoms with Gasteiger partial charge >= 0.3 is 0 Å². The molecule has 1 unspecified atom stereocenters. The summed E-state index contributed by atoms with van der Waals surface area (Å²) in [5.41, 5.74) is 1.40. The maximum atomic E-state index is 12.7. The number of ether oxygens (including phenoxy) is 2. The van der Waals surface area contributed by atoms with Crippen LogP contribution in [0, 0.1) is 0 Å². The molecule has 0 fully saturated rings. The van der Waals surface area contributed by atoms with E-state index >= 15 is 0 Å². The van der Waals surface area contributed by atoms with E-state index in [1.54, 1.807) is 38.6 Å². The lowest BCUT2D eigenvalue weighted by atomic mass is 10.0. The van der Waals surface area contributed by atoms with Gasteiger partial charge in [0, 0.05) is 31.1 Å². The molecule has 0 bridgehead atoms. The maximum absolute atomic E-state index is 12.7. The standard InChI is InChI=1S/C20H21N3O3/c1-23-10-9-21-19(23)18(22-20(24)14-7-5-4-6-8-14)15-11-16(25-2)13-17(12-15)26-3/h4-13,18H,1-3H3,(H,22,24). The van der Waals surface area contributed by atoms with Gasteiger partial charge in [-0.2, -0.15) is 0 Å². The van der Waals surface area contributed by atoms with Gasteiger partial charge in [-0.3, -0.25) is 4.79 Å².